The van der Waals surface area contributed by atoms with E-state index in [-0.39, 0.29) is 17.0 Å². The Morgan fingerprint density at radius 1 is 1.44 bits per heavy atom. The quantitative estimate of drug-likeness (QED) is 0.394. The van der Waals surface area contributed by atoms with Gasteiger partial charge in [0, 0.05) is 4.91 Å². The Balaban J connectivity index is 3.00. The first-order valence-electron chi connectivity index (χ1n) is 4.86. The highest BCUT2D eigenvalue weighted by atomic mass is 32.2. The van der Waals surface area contributed by atoms with E-state index in [4.69, 9.17) is 10.7 Å². The standard InChI is InChI=1S/C9H12N4O4S/c10-13-12-5-8(14)9(15)6-2-1-3-7(4-6)18(11,16)17/h1-4,8-9,14-15H,5H2,(H2,11,16,17). The van der Waals surface area contributed by atoms with Crippen molar-refractivity contribution in [1.82, 2.24) is 0 Å². The lowest BCUT2D eigenvalue weighted by atomic mass is 10.0. The first-order chi connectivity index (χ1) is 8.36. The second-order valence-electron chi connectivity index (χ2n) is 3.54. The Morgan fingerprint density at radius 3 is 2.67 bits per heavy atom. The number of rotatable bonds is 5. The van der Waals surface area contributed by atoms with Crippen LogP contribution >= 0.6 is 0 Å². The van der Waals surface area contributed by atoms with Crippen LogP contribution in [0.2, 0.25) is 0 Å². The summed E-state index contributed by atoms with van der Waals surface area (Å²) in [6, 6.07) is 5.24. The molecule has 0 bridgehead atoms. The van der Waals surface area contributed by atoms with Crippen molar-refractivity contribution in [2.45, 2.75) is 17.1 Å². The van der Waals surface area contributed by atoms with Crippen molar-refractivity contribution in [2.75, 3.05) is 6.54 Å². The number of benzene rings is 1. The van der Waals surface area contributed by atoms with E-state index < -0.39 is 22.2 Å². The third-order valence-corrected chi connectivity index (χ3v) is 3.14. The summed E-state index contributed by atoms with van der Waals surface area (Å²) in [6.07, 6.45) is -2.69. The SMILES string of the molecule is [N-]=[N+]=NCC(O)C(O)c1cccc(S(N)(=O)=O)c1. The third-order valence-electron chi connectivity index (χ3n) is 2.22. The van der Waals surface area contributed by atoms with Crippen molar-refractivity contribution in [3.8, 4) is 0 Å². The average Bonchev–Trinajstić information content (AvgIpc) is 2.34. The van der Waals surface area contributed by atoms with Gasteiger partial charge in [-0.3, -0.25) is 0 Å². The van der Waals surface area contributed by atoms with Gasteiger partial charge in [-0.15, -0.1) is 0 Å². The predicted molar refractivity (Wildman–Crippen MR) is 62.8 cm³/mol. The number of hydrogen-bond acceptors (Lipinski definition) is 5. The van der Waals surface area contributed by atoms with Crippen LogP contribution < -0.4 is 5.14 Å². The van der Waals surface area contributed by atoms with Gasteiger partial charge in [0.25, 0.3) is 0 Å². The number of aliphatic hydroxyl groups excluding tert-OH is 2. The fourth-order valence-electron chi connectivity index (χ4n) is 1.32. The third kappa shape index (κ3) is 3.69. The smallest absolute Gasteiger partial charge is 0.238 e. The average molecular weight is 272 g/mol. The number of nitrogens with two attached hydrogens (primary N) is 1. The molecule has 1 rings (SSSR count). The van der Waals surface area contributed by atoms with Crippen molar-refractivity contribution in [3.05, 3.63) is 40.3 Å². The van der Waals surface area contributed by atoms with Crippen LogP contribution in [0.4, 0.5) is 0 Å². The van der Waals surface area contributed by atoms with Gasteiger partial charge in [-0.2, -0.15) is 0 Å². The van der Waals surface area contributed by atoms with E-state index in [0.717, 1.165) is 6.07 Å². The van der Waals surface area contributed by atoms with Gasteiger partial charge >= 0.3 is 0 Å². The van der Waals surface area contributed by atoms with Gasteiger partial charge in [0.05, 0.1) is 17.5 Å². The molecule has 0 heterocycles. The molecule has 0 amide bonds. The highest BCUT2D eigenvalue weighted by Crippen LogP contribution is 2.20. The second-order valence-corrected chi connectivity index (χ2v) is 5.10. The summed E-state index contributed by atoms with van der Waals surface area (Å²) in [5.74, 6) is 0. The molecule has 18 heavy (non-hydrogen) atoms. The molecular weight excluding hydrogens is 260 g/mol. The minimum Gasteiger partial charge on any atom is -0.390 e. The molecule has 0 saturated heterocycles. The molecule has 2 atom stereocenters. The summed E-state index contributed by atoms with van der Waals surface area (Å²) in [4.78, 5) is 2.28. The van der Waals surface area contributed by atoms with Crippen LogP contribution in [0.25, 0.3) is 10.4 Å². The van der Waals surface area contributed by atoms with Gasteiger partial charge in [-0.25, -0.2) is 13.6 Å². The molecule has 0 saturated carbocycles. The zero-order valence-corrected chi connectivity index (χ0v) is 10.0. The first kappa shape index (κ1) is 14.4. The lowest BCUT2D eigenvalue weighted by Gasteiger charge is -2.16. The summed E-state index contributed by atoms with van der Waals surface area (Å²) in [5.41, 5.74) is 8.26. The predicted octanol–water partition coefficient (Wildman–Crippen LogP) is 0.0386. The molecule has 9 heteroatoms. The van der Waals surface area contributed by atoms with E-state index in [9.17, 15) is 18.6 Å². The molecule has 8 nitrogen and oxygen atoms in total. The molecule has 0 radical (unpaired) electrons. The molecule has 0 aliphatic carbocycles. The van der Waals surface area contributed by atoms with E-state index in [2.05, 4.69) is 10.0 Å². The molecule has 0 aromatic heterocycles. The topological polar surface area (TPSA) is 149 Å². The number of azide groups is 1. The van der Waals surface area contributed by atoms with Gasteiger partial charge in [0.2, 0.25) is 10.0 Å². The minimum absolute atomic E-state index is 0.169. The Hall–Kier alpha value is -1.64. The zero-order chi connectivity index (χ0) is 13.8. The molecular formula is C9H12N4O4S. The molecule has 0 spiro atoms. The monoisotopic (exact) mass is 272 g/mol. The van der Waals surface area contributed by atoms with Crippen molar-refractivity contribution >= 4 is 10.0 Å². The lowest BCUT2D eigenvalue weighted by Crippen LogP contribution is -2.21. The van der Waals surface area contributed by atoms with Crippen molar-refractivity contribution < 1.29 is 18.6 Å². The maximum Gasteiger partial charge on any atom is 0.238 e. The van der Waals surface area contributed by atoms with Crippen molar-refractivity contribution in [1.29, 1.82) is 0 Å². The van der Waals surface area contributed by atoms with Gasteiger partial charge in [0.1, 0.15) is 6.10 Å². The molecule has 2 unspecified atom stereocenters. The van der Waals surface area contributed by atoms with Gasteiger partial charge in [-0.05, 0) is 23.2 Å². The Morgan fingerprint density at radius 2 is 2.11 bits per heavy atom. The van der Waals surface area contributed by atoms with Crippen LogP contribution in [0.5, 0.6) is 0 Å². The Labute approximate surface area is 103 Å². The van der Waals surface area contributed by atoms with Gasteiger partial charge in [0.15, 0.2) is 0 Å². The number of hydrogen-bond donors (Lipinski definition) is 3. The first-order valence-corrected chi connectivity index (χ1v) is 6.40. The maximum atomic E-state index is 11.1. The highest BCUT2D eigenvalue weighted by molar-refractivity contribution is 7.89. The molecule has 0 fully saturated rings. The summed E-state index contributed by atoms with van der Waals surface area (Å²) in [5, 5.41) is 27.3. The van der Waals surface area contributed by atoms with E-state index in [1.54, 1.807) is 0 Å². The van der Waals surface area contributed by atoms with E-state index >= 15 is 0 Å². The van der Waals surface area contributed by atoms with Crippen LogP contribution in [0.1, 0.15) is 11.7 Å². The molecule has 4 N–H and O–H groups in total. The van der Waals surface area contributed by atoms with E-state index in [0.29, 0.717) is 0 Å². The highest BCUT2D eigenvalue weighted by Gasteiger charge is 2.19. The van der Waals surface area contributed by atoms with Gasteiger partial charge in [-0.1, -0.05) is 17.2 Å². The van der Waals surface area contributed by atoms with Crippen molar-refractivity contribution in [3.63, 3.8) is 0 Å². The molecule has 0 aliphatic rings. The van der Waals surface area contributed by atoms with Crippen LogP contribution in [0.3, 0.4) is 0 Å². The normalized spacial score (nSPS) is 14.6. The summed E-state index contributed by atoms with van der Waals surface area (Å²) in [7, 11) is -3.88. The number of aliphatic hydroxyl groups is 2. The zero-order valence-electron chi connectivity index (χ0n) is 9.21. The summed E-state index contributed by atoms with van der Waals surface area (Å²) < 4.78 is 22.2. The largest absolute Gasteiger partial charge is 0.390 e. The number of nitrogens with zero attached hydrogens (tertiary/aromatic N) is 3. The summed E-state index contributed by atoms with van der Waals surface area (Å²) in [6.45, 7) is -0.322. The summed E-state index contributed by atoms with van der Waals surface area (Å²) >= 11 is 0. The van der Waals surface area contributed by atoms with Gasteiger partial charge < -0.3 is 10.2 Å². The lowest BCUT2D eigenvalue weighted by molar-refractivity contribution is 0.0243. The second kappa shape index (κ2) is 5.80. The fraction of sp³-hybridized carbons (Fsp3) is 0.333. The Bertz CT molecular complexity index is 568. The van der Waals surface area contributed by atoms with Crippen LogP contribution in [-0.2, 0) is 10.0 Å². The Kier molecular flexibility index (Phi) is 4.65. The minimum atomic E-state index is -3.88. The molecule has 98 valence electrons. The number of sulfonamides is 1. The van der Waals surface area contributed by atoms with Crippen LogP contribution in [0.15, 0.2) is 34.3 Å². The number of primary sulfonamides is 1. The fourth-order valence-corrected chi connectivity index (χ4v) is 1.89. The van der Waals surface area contributed by atoms with Crippen LogP contribution in [-0.4, -0.2) is 31.3 Å². The molecule has 1 aromatic rings. The van der Waals surface area contributed by atoms with Crippen LogP contribution in [0, 0.1) is 0 Å². The van der Waals surface area contributed by atoms with E-state index in [1.165, 1.54) is 18.2 Å². The maximum absolute atomic E-state index is 11.1. The molecule has 0 aliphatic heterocycles. The molecule has 1 aromatic carbocycles. The van der Waals surface area contributed by atoms with Crippen molar-refractivity contribution in [2.24, 2.45) is 10.3 Å². The van der Waals surface area contributed by atoms with E-state index in [1.807, 2.05) is 0 Å².